The van der Waals surface area contributed by atoms with Gasteiger partial charge in [0.15, 0.2) is 18.0 Å². The van der Waals surface area contributed by atoms with Gasteiger partial charge in [-0.05, 0) is 47.1 Å². The molecular weight excluding hydrogens is 551 g/mol. The molecule has 0 saturated carbocycles. The fraction of sp³-hybridized carbons (Fsp3) is 0.273. The first-order valence-corrected chi connectivity index (χ1v) is 11.5. The van der Waals surface area contributed by atoms with Crippen molar-refractivity contribution in [3.05, 3.63) is 56.4 Å². The third-order valence-electron chi connectivity index (χ3n) is 4.83. The van der Waals surface area contributed by atoms with Crippen molar-refractivity contribution in [3.63, 3.8) is 0 Å². The first kappa shape index (κ1) is 25.8. The van der Waals surface area contributed by atoms with Gasteiger partial charge < -0.3 is 19.7 Å². The highest BCUT2D eigenvalue weighted by Gasteiger charge is 2.20. The van der Waals surface area contributed by atoms with Gasteiger partial charge in [-0.1, -0.05) is 23.2 Å². The minimum absolute atomic E-state index is 0.0376. The number of hydrogen-bond donors (Lipinski definition) is 1. The Morgan fingerprint density at radius 1 is 1.24 bits per heavy atom. The van der Waals surface area contributed by atoms with Crippen LogP contribution in [-0.2, 0) is 25.7 Å². The van der Waals surface area contributed by atoms with Gasteiger partial charge in [-0.3, -0.25) is 18.8 Å². The molecule has 0 spiro atoms. The molecule has 9 nitrogen and oxygen atoms in total. The maximum Gasteiger partial charge on any atom is 0.303 e. The lowest BCUT2D eigenvalue weighted by molar-refractivity contribution is -0.146. The van der Waals surface area contributed by atoms with Gasteiger partial charge in [0, 0.05) is 30.8 Å². The van der Waals surface area contributed by atoms with Crippen LogP contribution in [0.5, 0.6) is 5.75 Å². The number of ether oxygens (including phenoxy) is 2. The van der Waals surface area contributed by atoms with E-state index in [1.807, 2.05) is 23.6 Å². The Kier molecular flexibility index (Phi) is 8.40. The van der Waals surface area contributed by atoms with Crippen molar-refractivity contribution < 1.29 is 23.9 Å². The summed E-state index contributed by atoms with van der Waals surface area (Å²) in [4.78, 5) is 40.8. The van der Waals surface area contributed by atoms with E-state index in [2.05, 4.69) is 31.0 Å². The number of hydrogen-bond acceptors (Lipinski definition) is 6. The number of carbonyl (C=O) groups is 3. The summed E-state index contributed by atoms with van der Waals surface area (Å²) in [6, 6.07) is 6.83. The van der Waals surface area contributed by atoms with Gasteiger partial charge in [-0.25, -0.2) is 4.98 Å². The van der Waals surface area contributed by atoms with E-state index >= 15 is 0 Å². The average Bonchev–Trinajstić information content (AvgIpc) is 3.09. The quantitative estimate of drug-likeness (QED) is 0.411. The molecule has 0 aliphatic carbocycles. The summed E-state index contributed by atoms with van der Waals surface area (Å²) in [5, 5.41) is 3.00. The highest BCUT2D eigenvalue weighted by atomic mass is 79.9. The number of amides is 2. The van der Waals surface area contributed by atoms with Crippen LogP contribution in [0, 0.1) is 6.92 Å². The Bertz CT molecular complexity index is 1260. The summed E-state index contributed by atoms with van der Waals surface area (Å²) in [7, 11) is 1.52. The van der Waals surface area contributed by atoms with Crippen LogP contribution in [0.3, 0.4) is 0 Å². The van der Waals surface area contributed by atoms with Crippen LogP contribution in [0.4, 0.5) is 5.69 Å². The zero-order chi connectivity index (χ0) is 25.0. The van der Waals surface area contributed by atoms with Gasteiger partial charge in [-0.15, -0.1) is 0 Å². The summed E-state index contributed by atoms with van der Waals surface area (Å²) in [5.74, 6) is -1.08. The van der Waals surface area contributed by atoms with E-state index in [0.717, 1.165) is 10.3 Å². The normalized spacial score (nSPS) is 10.8. The van der Waals surface area contributed by atoms with E-state index in [1.165, 1.54) is 18.9 Å². The predicted octanol–water partition coefficient (Wildman–Crippen LogP) is 3.93. The highest BCUT2D eigenvalue weighted by molar-refractivity contribution is 9.10. The van der Waals surface area contributed by atoms with Gasteiger partial charge in [0.05, 0.1) is 22.9 Å². The maximum absolute atomic E-state index is 12.6. The van der Waals surface area contributed by atoms with E-state index in [0.29, 0.717) is 27.7 Å². The van der Waals surface area contributed by atoms with Gasteiger partial charge in [0.2, 0.25) is 5.91 Å². The molecule has 0 aliphatic rings. The molecular formula is C22H21BrCl2N4O5. The fourth-order valence-electron chi connectivity index (χ4n) is 3.01. The molecule has 0 atom stereocenters. The molecule has 0 aliphatic heterocycles. The number of nitrogens with zero attached hydrogens (tertiary/aromatic N) is 3. The van der Waals surface area contributed by atoms with Crippen molar-refractivity contribution in [2.45, 2.75) is 20.5 Å². The Hall–Kier alpha value is -2.82. The van der Waals surface area contributed by atoms with E-state index in [9.17, 15) is 14.4 Å². The number of anilines is 1. The van der Waals surface area contributed by atoms with E-state index in [-0.39, 0.29) is 18.2 Å². The molecule has 0 bridgehead atoms. The number of aromatic nitrogens is 2. The number of aryl methyl sites for hydroxylation is 1. The fourth-order valence-corrected chi connectivity index (χ4v) is 3.99. The van der Waals surface area contributed by atoms with Crippen molar-refractivity contribution in [2.24, 2.45) is 0 Å². The number of fused-ring (bicyclic) bond motifs is 1. The van der Waals surface area contributed by atoms with Crippen LogP contribution in [0.2, 0.25) is 10.0 Å². The molecule has 0 saturated heterocycles. The van der Waals surface area contributed by atoms with Crippen molar-refractivity contribution in [2.75, 3.05) is 25.1 Å². The minimum atomic E-state index is -0.594. The smallest absolute Gasteiger partial charge is 0.303 e. The van der Waals surface area contributed by atoms with Crippen LogP contribution in [0.25, 0.3) is 5.65 Å². The average molecular weight is 572 g/mol. The molecule has 2 heterocycles. The zero-order valence-electron chi connectivity index (χ0n) is 18.5. The van der Waals surface area contributed by atoms with Crippen LogP contribution < -0.4 is 15.0 Å². The van der Waals surface area contributed by atoms with Crippen LogP contribution in [-0.4, -0.2) is 47.4 Å². The Morgan fingerprint density at radius 2 is 1.97 bits per heavy atom. The highest BCUT2D eigenvalue weighted by Crippen LogP contribution is 2.35. The second-order valence-electron chi connectivity index (χ2n) is 7.21. The Labute approximate surface area is 214 Å². The minimum Gasteiger partial charge on any atom is -0.485 e. The van der Waals surface area contributed by atoms with Crippen molar-refractivity contribution in [3.8, 4) is 5.75 Å². The number of benzene rings is 1. The van der Waals surface area contributed by atoms with E-state index in [4.69, 9.17) is 27.9 Å². The predicted molar refractivity (Wildman–Crippen MR) is 131 cm³/mol. The van der Waals surface area contributed by atoms with Gasteiger partial charge in [0.25, 0.3) is 5.91 Å². The monoisotopic (exact) mass is 570 g/mol. The summed E-state index contributed by atoms with van der Waals surface area (Å²) in [6.07, 6.45) is 1.86. The molecule has 0 unspecified atom stereocenters. The maximum atomic E-state index is 12.6. The molecule has 3 rings (SSSR count). The van der Waals surface area contributed by atoms with Gasteiger partial charge in [-0.2, -0.15) is 0 Å². The second-order valence-corrected chi connectivity index (χ2v) is 8.75. The largest absolute Gasteiger partial charge is 0.485 e. The standard InChI is InChI=1S/C22H21BrCl2N4O5/c1-12-21(23)29-8-4-5-17(22(29)27-12)34-10-14-15(24)6-7-16(20(14)25)28(3)19(32)9-26-18(31)11-33-13(2)30/h4-8H,9-11H2,1-3H3,(H,26,31). The number of likely N-dealkylation sites (N-methyl/N-ethyl adjacent to an activating group) is 1. The van der Waals surface area contributed by atoms with Crippen LogP contribution in [0.1, 0.15) is 18.2 Å². The number of imidazole rings is 1. The summed E-state index contributed by atoms with van der Waals surface area (Å²) in [5.41, 5.74) is 2.33. The number of rotatable bonds is 8. The summed E-state index contributed by atoms with van der Waals surface area (Å²) >= 11 is 16.4. The number of esters is 1. The van der Waals surface area contributed by atoms with E-state index < -0.39 is 24.4 Å². The first-order valence-electron chi connectivity index (χ1n) is 9.99. The summed E-state index contributed by atoms with van der Waals surface area (Å²) in [6.45, 7) is 2.33. The number of pyridine rings is 1. The SMILES string of the molecule is CC(=O)OCC(=O)NCC(=O)N(C)c1ccc(Cl)c(COc2cccn3c(Br)c(C)nc23)c1Cl. The lowest BCUT2D eigenvalue weighted by atomic mass is 10.2. The van der Waals surface area contributed by atoms with Gasteiger partial charge >= 0.3 is 5.97 Å². The molecule has 180 valence electrons. The number of halogens is 3. The first-order chi connectivity index (χ1) is 16.1. The van der Waals surface area contributed by atoms with E-state index in [1.54, 1.807) is 18.2 Å². The third-order valence-corrected chi connectivity index (χ3v) is 6.56. The van der Waals surface area contributed by atoms with Crippen molar-refractivity contribution in [1.29, 1.82) is 0 Å². The molecule has 1 N–H and O–H groups in total. The molecule has 1 aromatic carbocycles. The third kappa shape index (κ3) is 5.81. The zero-order valence-corrected chi connectivity index (χ0v) is 21.6. The molecule has 3 aromatic rings. The molecule has 2 amide bonds. The summed E-state index contributed by atoms with van der Waals surface area (Å²) < 4.78 is 13.3. The molecule has 12 heteroatoms. The lowest BCUT2D eigenvalue weighted by Gasteiger charge is -2.21. The topological polar surface area (TPSA) is 102 Å². The number of carbonyl (C=O) groups excluding carboxylic acids is 3. The second kappa shape index (κ2) is 11.1. The molecule has 0 fully saturated rings. The van der Waals surface area contributed by atoms with Gasteiger partial charge in [0.1, 0.15) is 11.2 Å². The van der Waals surface area contributed by atoms with Crippen molar-refractivity contribution in [1.82, 2.24) is 14.7 Å². The Balaban J connectivity index is 1.73. The molecule has 2 aromatic heterocycles. The molecule has 34 heavy (non-hydrogen) atoms. The van der Waals surface area contributed by atoms with Crippen molar-refractivity contribution >= 4 is 68.3 Å². The molecule has 0 radical (unpaired) electrons. The Morgan fingerprint density at radius 3 is 2.68 bits per heavy atom. The lowest BCUT2D eigenvalue weighted by Crippen LogP contribution is -2.39. The number of nitrogens with one attached hydrogen (secondary N) is 1. The van der Waals surface area contributed by atoms with Crippen LogP contribution >= 0.6 is 39.1 Å². The van der Waals surface area contributed by atoms with Crippen LogP contribution in [0.15, 0.2) is 35.1 Å².